The molecular formula is C25H26N8O. The van der Waals surface area contributed by atoms with Gasteiger partial charge in [-0.25, -0.2) is 9.97 Å². The molecule has 0 aliphatic heterocycles. The molecule has 0 radical (unpaired) electrons. The first kappa shape index (κ1) is 21.7. The summed E-state index contributed by atoms with van der Waals surface area (Å²) < 4.78 is 2.05. The molecule has 3 heterocycles. The predicted molar refractivity (Wildman–Crippen MR) is 130 cm³/mol. The Balaban J connectivity index is 1.64. The minimum Gasteiger partial charge on any atom is -0.380 e. The summed E-state index contributed by atoms with van der Waals surface area (Å²) in [6.07, 6.45) is 5.38. The molecule has 9 heteroatoms. The third kappa shape index (κ3) is 3.60. The van der Waals surface area contributed by atoms with Crippen molar-refractivity contribution in [1.82, 2.24) is 35.2 Å². The Morgan fingerprint density at radius 1 is 0.971 bits per heavy atom. The van der Waals surface area contributed by atoms with Crippen molar-refractivity contribution in [2.45, 2.75) is 32.9 Å². The van der Waals surface area contributed by atoms with Crippen LogP contribution in [0.5, 0.6) is 0 Å². The minimum absolute atomic E-state index is 0.236. The molecule has 34 heavy (non-hydrogen) atoms. The fourth-order valence-corrected chi connectivity index (χ4v) is 4.45. The van der Waals surface area contributed by atoms with E-state index in [1.54, 1.807) is 12.4 Å². The van der Waals surface area contributed by atoms with E-state index in [0.29, 0.717) is 12.4 Å². The third-order valence-electron chi connectivity index (χ3n) is 6.27. The fraction of sp³-hybridized carbons (Fsp3) is 0.240. The highest BCUT2D eigenvalue weighted by atomic mass is 16.3. The number of aromatic amines is 1. The van der Waals surface area contributed by atoms with Crippen LogP contribution in [0.25, 0.3) is 22.0 Å². The molecule has 0 aliphatic rings. The standard InChI is InChI=1S/C25H26N8O/c1-24(2,3)25(34,18-10-8-16(9-11-18)17-12-27-23(26)28-13-17)20-14-33(15-22-29-31-32-30-22)21-7-5-4-6-19(20)21/h4-14,34H,15H2,1-3H3,(H2,26,27,28)(H,29,30,31,32). The van der Waals surface area contributed by atoms with Crippen LogP contribution in [-0.4, -0.2) is 40.3 Å². The molecule has 0 spiro atoms. The summed E-state index contributed by atoms with van der Waals surface area (Å²) in [5.41, 5.74) is 8.24. The van der Waals surface area contributed by atoms with Gasteiger partial charge in [-0.1, -0.05) is 68.4 Å². The van der Waals surface area contributed by atoms with E-state index in [2.05, 4.69) is 30.6 Å². The summed E-state index contributed by atoms with van der Waals surface area (Å²) in [6.45, 7) is 6.56. The van der Waals surface area contributed by atoms with Crippen LogP contribution in [0.2, 0.25) is 0 Å². The van der Waals surface area contributed by atoms with Gasteiger partial charge in [0.1, 0.15) is 5.60 Å². The number of benzene rings is 2. The number of para-hydroxylation sites is 1. The van der Waals surface area contributed by atoms with E-state index < -0.39 is 11.0 Å². The van der Waals surface area contributed by atoms with E-state index in [4.69, 9.17) is 5.73 Å². The highest BCUT2D eigenvalue weighted by Gasteiger charge is 2.45. The second-order valence-electron chi connectivity index (χ2n) is 9.38. The van der Waals surface area contributed by atoms with Crippen LogP contribution in [0, 0.1) is 5.41 Å². The Bertz CT molecular complexity index is 1420. The molecule has 0 saturated heterocycles. The lowest BCUT2D eigenvalue weighted by atomic mass is 9.68. The molecular weight excluding hydrogens is 428 g/mol. The largest absolute Gasteiger partial charge is 0.380 e. The van der Waals surface area contributed by atoms with Gasteiger partial charge in [0.15, 0.2) is 5.82 Å². The summed E-state index contributed by atoms with van der Waals surface area (Å²) in [7, 11) is 0. The molecule has 1 unspecified atom stereocenters. The van der Waals surface area contributed by atoms with E-state index in [9.17, 15) is 5.11 Å². The zero-order valence-electron chi connectivity index (χ0n) is 19.3. The van der Waals surface area contributed by atoms with Crippen molar-refractivity contribution in [3.8, 4) is 11.1 Å². The number of aromatic nitrogens is 7. The van der Waals surface area contributed by atoms with E-state index >= 15 is 0 Å². The summed E-state index contributed by atoms with van der Waals surface area (Å²) in [4.78, 5) is 8.16. The molecule has 172 valence electrons. The lowest BCUT2D eigenvalue weighted by molar-refractivity contribution is -0.0247. The second-order valence-corrected chi connectivity index (χ2v) is 9.38. The number of anilines is 1. The minimum atomic E-state index is -1.27. The molecule has 9 nitrogen and oxygen atoms in total. The number of nitrogens with one attached hydrogen (secondary N) is 1. The van der Waals surface area contributed by atoms with Crippen LogP contribution < -0.4 is 5.73 Å². The fourth-order valence-electron chi connectivity index (χ4n) is 4.45. The number of nitrogens with two attached hydrogens (primary N) is 1. The Kier molecular flexibility index (Phi) is 5.13. The van der Waals surface area contributed by atoms with Crippen LogP contribution in [-0.2, 0) is 12.1 Å². The Labute approximate surface area is 196 Å². The summed E-state index contributed by atoms with van der Waals surface area (Å²) in [6, 6.07) is 15.9. The zero-order chi connectivity index (χ0) is 23.9. The average Bonchev–Trinajstić information content (AvgIpc) is 3.47. The highest BCUT2D eigenvalue weighted by molar-refractivity contribution is 5.86. The lowest BCUT2D eigenvalue weighted by Gasteiger charge is -2.41. The molecule has 0 saturated carbocycles. The van der Waals surface area contributed by atoms with Gasteiger partial charge in [-0.3, -0.25) is 0 Å². The summed E-state index contributed by atoms with van der Waals surface area (Å²) >= 11 is 0. The van der Waals surface area contributed by atoms with Crippen molar-refractivity contribution in [3.63, 3.8) is 0 Å². The SMILES string of the molecule is CC(C)(C)C(O)(c1ccc(-c2cnc(N)nc2)cc1)c1cn(Cc2nn[nH]n2)c2ccccc12. The zero-order valence-corrected chi connectivity index (χ0v) is 19.3. The average molecular weight is 455 g/mol. The maximum Gasteiger partial charge on any atom is 0.219 e. The number of hydrogen-bond donors (Lipinski definition) is 3. The molecule has 0 aliphatic carbocycles. The Morgan fingerprint density at radius 3 is 2.32 bits per heavy atom. The van der Waals surface area contributed by atoms with E-state index in [0.717, 1.165) is 33.2 Å². The van der Waals surface area contributed by atoms with Gasteiger partial charge in [0.05, 0.1) is 6.54 Å². The number of tetrazole rings is 1. The van der Waals surface area contributed by atoms with Crippen molar-refractivity contribution < 1.29 is 5.11 Å². The molecule has 0 bridgehead atoms. The van der Waals surface area contributed by atoms with Crippen LogP contribution in [0.3, 0.4) is 0 Å². The molecule has 3 aromatic heterocycles. The Hall–Kier alpha value is -4.11. The first-order valence-electron chi connectivity index (χ1n) is 11.0. The highest BCUT2D eigenvalue weighted by Crippen LogP contribution is 2.47. The van der Waals surface area contributed by atoms with Gasteiger partial charge < -0.3 is 15.4 Å². The van der Waals surface area contributed by atoms with Crippen molar-refractivity contribution in [3.05, 3.63) is 84.1 Å². The number of rotatable bonds is 5. The van der Waals surface area contributed by atoms with E-state index in [-0.39, 0.29) is 5.95 Å². The lowest BCUT2D eigenvalue weighted by Crippen LogP contribution is -2.41. The number of H-pyrrole nitrogens is 1. The first-order chi connectivity index (χ1) is 16.3. The molecule has 0 fully saturated rings. The number of fused-ring (bicyclic) bond motifs is 1. The van der Waals surface area contributed by atoms with Crippen LogP contribution in [0.15, 0.2) is 67.1 Å². The number of aliphatic hydroxyl groups is 1. The number of nitrogens with zero attached hydrogens (tertiary/aromatic N) is 6. The van der Waals surface area contributed by atoms with Gasteiger partial charge in [0.2, 0.25) is 5.95 Å². The molecule has 0 amide bonds. The molecule has 5 aromatic rings. The van der Waals surface area contributed by atoms with Gasteiger partial charge in [0, 0.05) is 40.6 Å². The maximum atomic E-state index is 12.4. The first-order valence-corrected chi connectivity index (χ1v) is 11.0. The van der Waals surface area contributed by atoms with Crippen molar-refractivity contribution in [2.24, 2.45) is 5.41 Å². The molecule has 1 atom stereocenters. The quantitative estimate of drug-likeness (QED) is 0.370. The van der Waals surface area contributed by atoms with E-state index in [1.807, 2.05) is 80.1 Å². The van der Waals surface area contributed by atoms with Crippen LogP contribution in [0.4, 0.5) is 5.95 Å². The summed E-state index contributed by atoms with van der Waals surface area (Å²) in [5.74, 6) is 0.807. The Morgan fingerprint density at radius 2 is 1.68 bits per heavy atom. The number of nitrogen functional groups attached to an aromatic ring is 1. The van der Waals surface area contributed by atoms with Crippen molar-refractivity contribution in [2.75, 3.05) is 5.73 Å². The van der Waals surface area contributed by atoms with Gasteiger partial charge >= 0.3 is 0 Å². The van der Waals surface area contributed by atoms with Gasteiger partial charge in [0.25, 0.3) is 0 Å². The predicted octanol–water partition coefficient (Wildman–Crippen LogP) is 3.52. The van der Waals surface area contributed by atoms with E-state index in [1.165, 1.54) is 0 Å². The van der Waals surface area contributed by atoms with Crippen LogP contribution in [0.1, 0.15) is 37.7 Å². The second kappa shape index (κ2) is 8.03. The van der Waals surface area contributed by atoms with Crippen molar-refractivity contribution in [1.29, 1.82) is 0 Å². The third-order valence-corrected chi connectivity index (χ3v) is 6.27. The number of hydrogen-bond acceptors (Lipinski definition) is 7. The van der Waals surface area contributed by atoms with Gasteiger partial charge in [-0.2, -0.15) is 5.21 Å². The van der Waals surface area contributed by atoms with Gasteiger partial charge in [-0.15, -0.1) is 10.2 Å². The van der Waals surface area contributed by atoms with Gasteiger partial charge in [-0.05, 0) is 22.6 Å². The topological polar surface area (TPSA) is 131 Å². The molecule has 4 N–H and O–H groups in total. The monoisotopic (exact) mass is 454 g/mol. The van der Waals surface area contributed by atoms with Crippen LogP contribution >= 0.6 is 0 Å². The van der Waals surface area contributed by atoms with Crippen molar-refractivity contribution >= 4 is 16.9 Å². The summed E-state index contributed by atoms with van der Waals surface area (Å²) in [5, 5.41) is 27.7. The maximum absolute atomic E-state index is 12.4. The smallest absolute Gasteiger partial charge is 0.219 e. The normalized spacial score (nSPS) is 13.8. The molecule has 5 rings (SSSR count). The molecule has 2 aromatic carbocycles.